The quantitative estimate of drug-likeness (QED) is 0.603. The van der Waals surface area contributed by atoms with Crippen LogP contribution in [0.5, 0.6) is 5.75 Å². The van der Waals surface area contributed by atoms with Crippen molar-refractivity contribution in [2.45, 2.75) is 69.9 Å². The smallest absolute Gasteiger partial charge is 0.317 e. The maximum atomic E-state index is 12.4. The van der Waals surface area contributed by atoms with Crippen molar-refractivity contribution in [2.75, 3.05) is 19.6 Å². The number of ether oxygens (including phenoxy) is 1. The van der Waals surface area contributed by atoms with E-state index in [0.717, 1.165) is 73.2 Å². The molecule has 1 atom stereocenters. The number of urea groups is 1. The average molecular weight is 460 g/mol. The molecule has 1 spiro atoms. The summed E-state index contributed by atoms with van der Waals surface area (Å²) < 4.78 is 8.43. The molecule has 2 aliphatic heterocycles. The van der Waals surface area contributed by atoms with Gasteiger partial charge < -0.3 is 15.0 Å². The van der Waals surface area contributed by atoms with Crippen molar-refractivity contribution in [1.29, 1.82) is 0 Å². The van der Waals surface area contributed by atoms with Crippen molar-refractivity contribution in [2.24, 2.45) is 0 Å². The number of benzene rings is 1. The number of fused-ring (bicyclic) bond motifs is 3. The van der Waals surface area contributed by atoms with E-state index in [1.165, 1.54) is 25.0 Å². The molecule has 1 N–H and O–H groups in total. The maximum Gasteiger partial charge on any atom is 0.317 e. The number of hydrogen-bond acceptors (Lipinski definition) is 4. The number of nitrogens with zero attached hydrogens (tertiary/aromatic N) is 4. The van der Waals surface area contributed by atoms with Gasteiger partial charge in [0.1, 0.15) is 5.75 Å². The molecule has 34 heavy (non-hydrogen) atoms. The second-order valence-corrected chi connectivity index (χ2v) is 10.1. The number of aryl methyl sites for hydroxylation is 1. The van der Waals surface area contributed by atoms with E-state index in [0.29, 0.717) is 12.6 Å². The molecule has 0 radical (unpaired) electrons. The first-order valence-corrected chi connectivity index (χ1v) is 12.8. The second-order valence-electron chi connectivity index (χ2n) is 10.1. The van der Waals surface area contributed by atoms with Crippen molar-refractivity contribution in [3.8, 4) is 17.0 Å². The van der Waals surface area contributed by atoms with Crippen LogP contribution < -0.4 is 10.1 Å². The molecule has 178 valence electrons. The highest BCUT2D eigenvalue weighted by atomic mass is 16.5. The summed E-state index contributed by atoms with van der Waals surface area (Å²) in [7, 11) is 0. The summed E-state index contributed by atoms with van der Waals surface area (Å²) in [5.74, 6) is 0.932. The standard InChI is InChI=1S/C27H33N5O2/c1-2-28-26(33)31-12-10-27(18-31)11-13-32-25(27)16-24(30-32)20-14-19-15-22(8-9-23(19)29-17-20)34-21-6-4-3-5-7-21/h8-9,14-17,21H,2-7,10-13,18H2,1H3,(H,28,33). The van der Waals surface area contributed by atoms with Gasteiger partial charge in [-0.25, -0.2) is 4.79 Å². The summed E-state index contributed by atoms with van der Waals surface area (Å²) in [5.41, 5.74) is 4.22. The highest BCUT2D eigenvalue weighted by molar-refractivity contribution is 5.84. The number of nitrogens with one attached hydrogen (secondary N) is 1. The fraction of sp³-hybridized carbons (Fsp3) is 0.519. The first kappa shape index (κ1) is 21.4. The van der Waals surface area contributed by atoms with E-state index in [2.05, 4.69) is 28.2 Å². The van der Waals surface area contributed by atoms with Crippen LogP contribution in [0.2, 0.25) is 0 Å². The number of amides is 2. The number of hydrogen-bond donors (Lipinski definition) is 1. The zero-order valence-electron chi connectivity index (χ0n) is 19.9. The Balaban J connectivity index is 1.25. The van der Waals surface area contributed by atoms with Gasteiger partial charge in [-0.05, 0) is 75.8 Å². The molecule has 2 fully saturated rings. The molecule has 1 aliphatic carbocycles. The van der Waals surface area contributed by atoms with Gasteiger partial charge >= 0.3 is 6.03 Å². The Labute approximate surface area is 200 Å². The maximum absolute atomic E-state index is 12.4. The second kappa shape index (κ2) is 8.60. The fourth-order valence-electron chi connectivity index (χ4n) is 6.02. The number of rotatable bonds is 4. The molecule has 1 saturated carbocycles. The Morgan fingerprint density at radius 3 is 2.85 bits per heavy atom. The van der Waals surface area contributed by atoms with Gasteiger partial charge in [0.25, 0.3) is 0 Å². The lowest BCUT2D eigenvalue weighted by molar-refractivity contribution is 0.155. The number of pyridine rings is 1. The van der Waals surface area contributed by atoms with E-state index in [1.54, 1.807) is 0 Å². The number of likely N-dealkylation sites (tertiary alicyclic amines) is 1. The van der Waals surface area contributed by atoms with Gasteiger partial charge in [-0.3, -0.25) is 9.67 Å². The predicted octanol–water partition coefficient (Wildman–Crippen LogP) is 4.89. The molecule has 4 heterocycles. The molecule has 7 heteroatoms. The number of aromatic nitrogens is 3. The first-order valence-electron chi connectivity index (χ1n) is 12.8. The van der Waals surface area contributed by atoms with Gasteiger partial charge in [0.2, 0.25) is 0 Å². The summed E-state index contributed by atoms with van der Waals surface area (Å²) >= 11 is 0. The normalized spacial score (nSPS) is 22.4. The van der Waals surface area contributed by atoms with Crippen LogP contribution in [0.25, 0.3) is 22.2 Å². The molecular weight excluding hydrogens is 426 g/mol. The molecule has 7 nitrogen and oxygen atoms in total. The van der Waals surface area contributed by atoms with Gasteiger partial charge in [-0.15, -0.1) is 0 Å². The molecule has 2 aromatic heterocycles. The summed E-state index contributed by atoms with van der Waals surface area (Å²) in [6.45, 7) is 5.09. The molecule has 0 bridgehead atoms. The van der Waals surface area contributed by atoms with Crippen LogP contribution in [0, 0.1) is 0 Å². The number of carbonyl (C=O) groups excluding carboxylic acids is 1. The Kier molecular flexibility index (Phi) is 5.42. The van der Waals surface area contributed by atoms with E-state index in [4.69, 9.17) is 14.8 Å². The van der Waals surface area contributed by atoms with E-state index in [1.807, 2.05) is 30.2 Å². The molecule has 6 rings (SSSR count). The van der Waals surface area contributed by atoms with E-state index >= 15 is 0 Å². The zero-order valence-corrected chi connectivity index (χ0v) is 19.9. The topological polar surface area (TPSA) is 72.3 Å². The summed E-state index contributed by atoms with van der Waals surface area (Å²) in [5, 5.41) is 8.96. The SMILES string of the molecule is CCNC(=O)N1CCC2(CCn3nc(-c4cnc5ccc(OC6CCCCC6)cc5c4)cc32)C1. The lowest BCUT2D eigenvalue weighted by Gasteiger charge is -2.23. The summed E-state index contributed by atoms with van der Waals surface area (Å²) in [6, 6.07) is 10.7. The minimum absolute atomic E-state index is 0.0155. The van der Waals surface area contributed by atoms with Crippen molar-refractivity contribution < 1.29 is 9.53 Å². The minimum Gasteiger partial charge on any atom is -0.490 e. The number of carbonyl (C=O) groups is 1. The van der Waals surface area contributed by atoms with Crippen LogP contribution in [0.4, 0.5) is 4.79 Å². The van der Waals surface area contributed by atoms with Crippen LogP contribution in [0.1, 0.15) is 57.6 Å². The molecule has 3 aliphatic rings. The molecule has 3 aromatic rings. The molecule has 2 amide bonds. The van der Waals surface area contributed by atoms with Crippen molar-refractivity contribution in [3.63, 3.8) is 0 Å². The van der Waals surface area contributed by atoms with Crippen molar-refractivity contribution in [3.05, 3.63) is 42.2 Å². The molecule has 1 aromatic carbocycles. The predicted molar refractivity (Wildman–Crippen MR) is 132 cm³/mol. The van der Waals surface area contributed by atoms with Gasteiger partial charge in [0, 0.05) is 54.4 Å². The monoisotopic (exact) mass is 459 g/mol. The van der Waals surface area contributed by atoms with Crippen LogP contribution in [-0.2, 0) is 12.0 Å². The van der Waals surface area contributed by atoms with Crippen molar-refractivity contribution >= 4 is 16.9 Å². The highest BCUT2D eigenvalue weighted by Crippen LogP contribution is 2.44. The Hall–Kier alpha value is -3.09. The fourth-order valence-corrected chi connectivity index (χ4v) is 6.02. The van der Waals surface area contributed by atoms with Gasteiger partial charge in [0.05, 0.1) is 17.3 Å². The van der Waals surface area contributed by atoms with E-state index < -0.39 is 0 Å². The van der Waals surface area contributed by atoms with Crippen LogP contribution in [-0.4, -0.2) is 51.4 Å². The molecule has 1 unspecified atom stereocenters. The lowest BCUT2D eigenvalue weighted by atomic mass is 9.82. The highest BCUT2D eigenvalue weighted by Gasteiger charge is 2.46. The summed E-state index contributed by atoms with van der Waals surface area (Å²) in [6.07, 6.45) is 10.4. The molecular formula is C27H33N5O2. The Bertz CT molecular complexity index is 1210. The first-order chi connectivity index (χ1) is 16.6. The van der Waals surface area contributed by atoms with E-state index in [-0.39, 0.29) is 11.4 Å². The zero-order chi connectivity index (χ0) is 23.1. The van der Waals surface area contributed by atoms with Gasteiger partial charge in [-0.2, -0.15) is 5.10 Å². The minimum atomic E-state index is 0.0155. The lowest BCUT2D eigenvalue weighted by Crippen LogP contribution is -2.40. The van der Waals surface area contributed by atoms with Gasteiger partial charge in [-0.1, -0.05) is 6.42 Å². The third-order valence-corrected chi connectivity index (χ3v) is 7.90. The molecule has 1 saturated heterocycles. The third kappa shape index (κ3) is 3.81. The Morgan fingerprint density at radius 2 is 2.00 bits per heavy atom. The van der Waals surface area contributed by atoms with E-state index in [9.17, 15) is 4.79 Å². The summed E-state index contributed by atoms with van der Waals surface area (Å²) in [4.78, 5) is 19.0. The average Bonchev–Trinajstić information content (AvgIpc) is 3.56. The largest absolute Gasteiger partial charge is 0.490 e. The Morgan fingerprint density at radius 1 is 1.15 bits per heavy atom. The van der Waals surface area contributed by atoms with Crippen molar-refractivity contribution in [1.82, 2.24) is 25.0 Å². The third-order valence-electron chi connectivity index (χ3n) is 7.90. The van der Waals surface area contributed by atoms with Gasteiger partial charge in [0.15, 0.2) is 0 Å². The van der Waals surface area contributed by atoms with Crippen LogP contribution in [0.15, 0.2) is 36.5 Å². The van der Waals surface area contributed by atoms with Crippen LogP contribution >= 0.6 is 0 Å². The van der Waals surface area contributed by atoms with Crippen LogP contribution in [0.3, 0.4) is 0 Å².